The highest BCUT2D eigenvalue weighted by Gasteiger charge is 2.36. The molecule has 19 heavy (non-hydrogen) atoms. The van der Waals surface area contributed by atoms with Crippen molar-refractivity contribution < 1.29 is 5.11 Å². The summed E-state index contributed by atoms with van der Waals surface area (Å²) in [5, 5.41) is 9.31. The fourth-order valence-corrected chi connectivity index (χ4v) is 2.83. The van der Waals surface area contributed by atoms with E-state index in [1.807, 2.05) is 0 Å². The molecule has 0 bridgehead atoms. The summed E-state index contributed by atoms with van der Waals surface area (Å²) in [6.45, 7) is 8.95. The molecule has 1 atom stereocenters. The topological polar surface area (TPSA) is 26.7 Å². The minimum Gasteiger partial charge on any atom is -0.396 e. The zero-order valence-corrected chi connectivity index (χ0v) is 12.6. The lowest BCUT2D eigenvalue weighted by Crippen LogP contribution is -2.62. The van der Waals surface area contributed by atoms with Crippen molar-refractivity contribution in [3.8, 4) is 0 Å². The third kappa shape index (κ3) is 3.10. The number of anilines is 1. The molecule has 1 unspecified atom stereocenters. The van der Waals surface area contributed by atoms with Gasteiger partial charge in [0.05, 0.1) is 0 Å². The van der Waals surface area contributed by atoms with Gasteiger partial charge in [-0.3, -0.25) is 4.90 Å². The third-order valence-electron chi connectivity index (χ3n) is 4.31. The minimum absolute atomic E-state index is 0.162. The van der Waals surface area contributed by atoms with E-state index in [0.717, 1.165) is 19.5 Å². The number of nitrogens with zero attached hydrogens (tertiary/aromatic N) is 2. The normalized spacial score (nSPS) is 23.6. The molecule has 1 aliphatic heterocycles. The highest BCUT2D eigenvalue weighted by Crippen LogP contribution is 2.29. The van der Waals surface area contributed by atoms with Crippen LogP contribution in [-0.2, 0) is 0 Å². The SMILES string of the molecule is Cc1cccc(N2CC(C)(C)N(C)CC2CCO)c1. The van der Waals surface area contributed by atoms with E-state index in [0.29, 0.717) is 6.04 Å². The lowest BCUT2D eigenvalue weighted by Gasteiger charge is -2.50. The standard InChI is InChI=1S/C16H26N2O/c1-13-6-5-7-14(10-13)18-12-16(2,3)17(4)11-15(18)8-9-19/h5-7,10,15,19H,8-9,11-12H2,1-4H3. The average molecular weight is 262 g/mol. The first-order chi connectivity index (χ1) is 8.94. The minimum atomic E-state index is 0.162. The van der Waals surface area contributed by atoms with Crippen LogP contribution in [0.1, 0.15) is 25.8 Å². The van der Waals surface area contributed by atoms with Crippen molar-refractivity contribution in [2.75, 3.05) is 31.6 Å². The van der Waals surface area contributed by atoms with Gasteiger partial charge in [-0.15, -0.1) is 0 Å². The zero-order valence-electron chi connectivity index (χ0n) is 12.6. The maximum atomic E-state index is 9.31. The van der Waals surface area contributed by atoms with Crippen molar-refractivity contribution in [1.82, 2.24) is 4.90 Å². The van der Waals surface area contributed by atoms with Crippen LogP contribution in [-0.4, -0.2) is 48.3 Å². The van der Waals surface area contributed by atoms with Crippen LogP contribution in [0.25, 0.3) is 0 Å². The zero-order chi connectivity index (χ0) is 14.0. The maximum Gasteiger partial charge on any atom is 0.0451 e. The Kier molecular flexibility index (Phi) is 4.16. The molecule has 0 spiro atoms. The highest BCUT2D eigenvalue weighted by atomic mass is 16.3. The Balaban J connectivity index is 2.28. The van der Waals surface area contributed by atoms with E-state index < -0.39 is 0 Å². The van der Waals surface area contributed by atoms with Crippen LogP contribution in [0.4, 0.5) is 5.69 Å². The molecule has 1 aliphatic rings. The highest BCUT2D eigenvalue weighted by molar-refractivity contribution is 5.50. The van der Waals surface area contributed by atoms with Crippen molar-refractivity contribution in [2.24, 2.45) is 0 Å². The van der Waals surface area contributed by atoms with Crippen LogP contribution in [0.5, 0.6) is 0 Å². The molecule has 0 amide bonds. The maximum absolute atomic E-state index is 9.31. The van der Waals surface area contributed by atoms with Crippen molar-refractivity contribution >= 4 is 5.69 Å². The number of likely N-dealkylation sites (N-methyl/N-ethyl adjacent to an activating group) is 1. The van der Waals surface area contributed by atoms with Gasteiger partial charge in [0.1, 0.15) is 0 Å². The number of aryl methyl sites for hydroxylation is 1. The molecular weight excluding hydrogens is 236 g/mol. The Morgan fingerprint density at radius 3 is 2.74 bits per heavy atom. The van der Waals surface area contributed by atoms with Gasteiger partial charge >= 0.3 is 0 Å². The van der Waals surface area contributed by atoms with Gasteiger partial charge in [-0.05, 0) is 51.9 Å². The number of hydrogen-bond acceptors (Lipinski definition) is 3. The largest absolute Gasteiger partial charge is 0.396 e. The fraction of sp³-hybridized carbons (Fsp3) is 0.625. The first-order valence-corrected chi connectivity index (χ1v) is 7.09. The molecule has 1 fully saturated rings. The van der Waals surface area contributed by atoms with E-state index in [2.05, 4.69) is 61.9 Å². The van der Waals surface area contributed by atoms with Gasteiger partial charge in [0, 0.05) is 37.0 Å². The molecule has 3 heteroatoms. The van der Waals surface area contributed by atoms with Gasteiger partial charge in [-0.2, -0.15) is 0 Å². The lowest BCUT2D eigenvalue weighted by atomic mass is 9.94. The van der Waals surface area contributed by atoms with E-state index in [4.69, 9.17) is 0 Å². The van der Waals surface area contributed by atoms with Crippen molar-refractivity contribution in [1.29, 1.82) is 0 Å². The van der Waals surface area contributed by atoms with Crippen molar-refractivity contribution in [3.05, 3.63) is 29.8 Å². The van der Waals surface area contributed by atoms with Crippen LogP contribution in [0, 0.1) is 6.92 Å². The molecule has 1 aromatic rings. The molecule has 1 saturated heterocycles. The van der Waals surface area contributed by atoms with Gasteiger partial charge in [0.2, 0.25) is 0 Å². The predicted molar refractivity (Wildman–Crippen MR) is 80.7 cm³/mol. The molecule has 0 radical (unpaired) electrons. The van der Waals surface area contributed by atoms with E-state index in [1.54, 1.807) is 0 Å². The summed E-state index contributed by atoms with van der Waals surface area (Å²) < 4.78 is 0. The Morgan fingerprint density at radius 1 is 1.37 bits per heavy atom. The molecule has 0 aliphatic carbocycles. The number of rotatable bonds is 3. The summed E-state index contributed by atoms with van der Waals surface area (Å²) in [5.41, 5.74) is 2.73. The first kappa shape index (κ1) is 14.4. The second-order valence-electron chi connectivity index (χ2n) is 6.33. The Bertz CT molecular complexity index is 431. The number of piperazine rings is 1. The first-order valence-electron chi connectivity index (χ1n) is 7.09. The molecule has 0 aromatic heterocycles. The summed E-state index contributed by atoms with van der Waals surface area (Å²) in [4.78, 5) is 4.86. The summed E-state index contributed by atoms with van der Waals surface area (Å²) in [6, 6.07) is 9.06. The molecule has 106 valence electrons. The van der Waals surface area contributed by atoms with Crippen LogP contribution in [0.2, 0.25) is 0 Å². The van der Waals surface area contributed by atoms with E-state index in [9.17, 15) is 5.11 Å². The molecule has 2 rings (SSSR count). The Labute approximate surface area is 116 Å². The van der Waals surface area contributed by atoms with Gasteiger partial charge in [0.15, 0.2) is 0 Å². The summed E-state index contributed by atoms with van der Waals surface area (Å²) in [7, 11) is 2.18. The smallest absolute Gasteiger partial charge is 0.0451 e. The number of aliphatic hydroxyl groups excluding tert-OH is 1. The summed E-state index contributed by atoms with van der Waals surface area (Å²) in [5.74, 6) is 0. The molecular formula is C16H26N2O. The molecule has 0 saturated carbocycles. The van der Waals surface area contributed by atoms with Crippen LogP contribution < -0.4 is 4.90 Å². The molecule has 3 nitrogen and oxygen atoms in total. The van der Waals surface area contributed by atoms with Crippen molar-refractivity contribution in [2.45, 2.75) is 38.8 Å². The summed E-state index contributed by atoms with van der Waals surface area (Å²) >= 11 is 0. The van der Waals surface area contributed by atoms with Gasteiger partial charge in [0.25, 0.3) is 0 Å². The van der Waals surface area contributed by atoms with Crippen LogP contribution in [0.15, 0.2) is 24.3 Å². The molecule has 1 heterocycles. The van der Waals surface area contributed by atoms with Crippen molar-refractivity contribution in [3.63, 3.8) is 0 Å². The average Bonchev–Trinajstić information content (AvgIpc) is 2.34. The van der Waals surface area contributed by atoms with Crippen LogP contribution >= 0.6 is 0 Å². The van der Waals surface area contributed by atoms with Crippen LogP contribution in [0.3, 0.4) is 0 Å². The van der Waals surface area contributed by atoms with E-state index in [1.165, 1.54) is 11.3 Å². The van der Waals surface area contributed by atoms with E-state index in [-0.39, 0.29) is 12.1 Å². The number of hydrogen-bond donors (Lipinski definition) is 1. The predicted octanol–water partition coefficient (Wildman–Crippen LogP) is 2.28. The third-order valence-corrected chi connectivity index (χ3v) is 4.31. The second kappa shape index (κ2) is 5.51. The Hall–Kier alpha value is -1.06. The summed E-state index contributed by atoms with van der Waals surface area (Å²) in [6.07, 6.45) is 0.828. The quantitative estimate of drug-likeness (QED) is 0.905. The molecule has 1 aromatic carbocycles. The second-order valence-corrected chi connectivity index (χ2v) is 6.33. The monoisotopic (exact) mass is 262 g/mol. The lowest BCUT2D eigenvalue weighted by molar-refractivity contribution is 0.105. The van der Waals surface area contributed by atoms with Gasteiger partial charge in [-0.1, -0.05) is 12.1 Å². The van der Waals surface area contributed by atoms with E-state index >= 15 is 0 Å². The molecule has 1 N–H and O–H groups in total. The number of aliphatic hydroxyl groups is 1. The Morgan fingerprint density at radius 2 is 2.11 bits per heavy atom. The van der Waals surface area contributed by atoms with Gasteiger partial charge < -0.3 is 10.0 Å². The fourth-order valence-electron chi connectivity index (χ4n) is 2.83. The number of benzene rings is 1. The van der Waals surface area contributed by atoms with Gasteiger partial charge in [-0.25, -0.2) is 0 Å².